The first kappa shape index (κ1) is 19.4. The number of aliphatic hydroxyl groups excluding tert-OH is 1. The molecule has 0 aromatic heterocycles. The van der Waals surface area contributed by atoms with Gasteiger partial charge in [-0.1, -0.05) is 30.3 Å². The number of likely N-dealkylation sites (tertiary alicyclic amines) is 2. The molecule has 152 valence electrons. The van der Waals surface area contributed by atoms with Crippen LogP contribution in [-0.2, 0) is 14.3 Å². The van der Waals surface area contributed by atoms with Crippen molar-refractivity contribution < 1.29 is 19.4 Å². The first-order chi connectivity index (χ1) is 13.5. The van der Waals surface area contributed by atoms with E-state index in [4.69, 9.17) is 4.74 Å². The van der Waals surface area contributed by atoms with Crippen LogP contribution in [0, 0.1) is 0 Å². The maximum atomic E-state index is 12.6. The van der Waals surface area contributed by atoms with Gasteiger partial charge in [0.2, 0.25) is 11.8 Å². The van der Waals surface area contributed by atoms with Crippen LogP contribution < -0.4 is 0 Å². The van der Waals surface area contributed by atoms with Crippen LogP contribution >= 0.6 is 0 Å². The van der Waals surface area contributed by atoms with Gasteiger partial charge < -0.3 is 19.6 Å². The number of hydrogen-bond acceptors (Lipinski definition) is 4. The summed E-state index contributed by atoms with van der Waals surface area (Å²) in [6.07, 6.45) is 4.22. The average Bonchev–Trinajstić information content (AvgIpc) is 3.11. The Labute approximate surface area is 166 Å². The average molecular weight is 386 g/mol. The number of piperidine rings is 1. The van der Waals surface area contributed by atoms with E-state index in [1.54, 1.807) is 4.90 Å². The van der Waals surface area contributed by atoms with Gasteiger partial charge in [-0.05, 0) is 24.8 Å². The van der Waals surface area contributed by atoms with E-state index in [2.05, 4.69) is 12.1 Å². The van der Waals surface area contributed by atoms with Crippen molar-refractivity contribution in [3.63, 3.8) is 0 Å². The molecule has 1 spiro atoms. The second-order valence-corrected chi connectivity index (χ2v) is 8.41. The number of ether oxygens (including phenoxy) is 1. The lowest BCUT2D eigenvalue weighted by Gasteiger charge is -2.48. The molecule has 0 radical (unpaired) electrons. The van der Waals surface area contributed by atoms with E-state index in [0.717, 1.165) is 31.4 Å². The lowest BCUT2D eigenvalue weighted by atomic mass is 9.81. The summed E-state index contributed by atoms with van der Waals surface area (Å²) >= 11 is 0. The summed E-state index contributed by atoms with van der Waals surface area (Å²) in [5.74, 6) is 0.285. The molecule has 0 aliphatic carbocycles. The summed E-state index contributed by atoms with van der Waals surface area (Å²) in [6.45, 7) is 2.62. The van der Waals surface area contributed by atoms with Crippen LogP contribution in [-0.4, -0.2) is 64.6 Å². The second kappa shape index (κ2) is 8.21. The van der Waals surface area contributed by atoms with Crippen molar-refractivity contribution in [3.8, 4) is 0 Å². The SMILES string of the molecule is O=C1CCCN1CCC(=O)N1CCC2(CC1)C[C@@H](O)C[C@H](c1ccccc1)O2. The minimum absolute atomic E-state index is 0.0895. The Hall–Kier alpha value is -1.92. The maximum absolute atomic E-state index is 12.6. The zero-order chi connectivity index (χ0) is 19.6. The third-order valence-corrected chi connectivity index (χ3v) is 6.45. The summed E-state index contributed by atoms with van der Waals surface area (Å²) < 4.78 is 6.50. The van der Waals surface area contributed by atoms with Crippen LogP contribution in [0.5, 0.6) is 0 Å². The van der Waals surface area contributed by atoms with Crippen LogP contribution in [0.25, 0.3) is 0 Å². The predicted octanol–water partition coefficient (Wildman–Crippen LogP) is 2.27. The molecule has 0 bridgehead atoms. The summed E-state index contributed by atoms with van der Waals surface area (Å²) in [5, 5.41) is 10.5. The minimum Gasteiger partial charge on any atom is -0.393 e. The van der Waals surface area contributed by atoms with Crippen molar-refractivity contribution >= 4 is 11.8 Å². The smallest absolute Gasteiger partial charge is 0.224 e. The summed E-state index contributed by atoms with van der Waals surface area (Å²) in [7, 11) is 0. The molecular weight excluding hydrogens is 356 g/mol. The largest absolute Gasteiger partial charge is 0.393 e. The van der Waals surface area contributed by atoms with E-state index in [1.165, 1.54) is 0 Å². The molecule has 1 aromatic carbocycles. The van der Waals surface area contributed by atoms with Crippen LogP contribution in [0.15, 0.2) is 30.3 Å². The Morgan fingerprint density at radius 2 is 1.93 bits per heavy atom. The van der Waals surface area contributed by atoms with Gasteiger partial charge in [0, 0.05) is 51.9 Å². The molecule has 0 saturated carbocycles. The van der Waals surface area contributed by atoms with Crippen molar-refractivity contribution in [1.29, 1.82) is 0 Å². The van der Waals surface area contributed by atoms with Gasteiger partial charge in [-0.15, -0.1) is 0 Å². The van der Waals surface area contributed by atoms with Crippen molar-refractivity contribution in [1.82, 2.24) is 9.80 Å². The molecule has 0 unspecified atom stereocenters. The number of hydrogen-bond donors (Lipinski definition) is 1. The third kappa shape index (κ3) is 4.23. The zero-order valence-electron chi connectivity index (χ0n) is 16.4. The molecule has 6 nitrogen and oxygen atoms in total. The minimum atomic E-state index is -0.373. The fraction of sp³-hybridized carbons (Fsp3) is 0.636. The lowest BCUT2D eigenvalue weighted by Crippen LogP contribution is -2.52. The van der Waals surface area contributed by atoms with Crippen molar-refractivity contribution in [2.45, 2.75) is 62.8 Å². The zero-order valence-corrected chi connectivity index (χ0v) is 16.4. The van der Waals surface area contributed by atoms with Crippen molar-refractivity contribution in [2.75, 3.05) is 26.2 Å². The Bertz CT molecular complexity index is 700. The normalized spacial score (nSPS) is 27.4. The molecule has 2 amide bonds. The molecule has 2 atom stereocenters. The molecular formula is C22H30N2O4. The molecule has 3 aliphatic rings. The lowest BCUT2D eigenvalue weighted by molar-refractivity contribution is -0.185. The van der Waals surface area contributed by atoms with Gasteiger partial charge in [0.25, 0.3) is 0 Å². The molecule has 4 rings (SSSR count). The summed E-state index contributed by atoms with van der Waals surface area (Å²) in [4.78, 5) is 28.0. The predicted molar refractivity (Wildman–Crippen MR) is 104 cm³/mol. The monoisotopic (exact) mass is 386 g/mol. The van der Waals surface area contributed by atoms with Gasteiger partial charge in [-0.2, -0.15) is 0 Å². The summed E-state index contributed by atoms with van der Waals surface area (Å²) in [5.41, 5.74) is 0.759. The van der Waals surface area contributed by atoms with Crippen molar-refractivity contribution in [3.05, 3.63) is 35.9 Å². The van der Waals surface area contributed by atoms with Gasteiger partial charge in [0.1, 0.15) is 0 Å². The Kier molecular flexibility index (Phi) is 5.69. The van der Waals surface area contributed by atoms with E-state index in [1.807, 2.05) is 23.1 Å². The van der Waals surface area contributed by atoms with Crippen molar-refractivity contribution in [2.24, 2.45) is 0 Å². The highest BCUT2D eigenvalue weighted by Crippen LogP contribution is 2.43. The van der Waals surface area contributed by atoms with Gasteiger partial charge >= 0.3 is 0 Å². The van der Waals surface area contributed by atoms with E-state index >= 15 is 0 Å². The molecule has 1 N–H and O–H groups in total. The number of rotatable bonds is 4. The second-order valence-electron chi connectivity index (χ2n) is 8.41. The standard InChI is InChI=1S/C22H30N2O4/c25-18-15-19(17-5-2-1-3-6-17)28-22(16-18)9-13-24(14-10-22)21(27)8-12-23-11-4-7-20(23)26/h1-3,5-6,18-19,25H,4,7-16H2/t18-,19+/m0/s1. The van der Waals surface area contributed by atoms with E-state index in [-0.39, 0.29) is 29.6 Å². The summed E-state index contributed by atoms with van der Waals surface area (Å²) in [6, 6.07) is 10.1. The fourth-order valence-corrected chi connectivity index (χ4v) is 4.84. The Balaban J connectivity index is 1.32. The fourth-order valence-electron chi connectivity index (χ4n) is 4.84. The maximum Gasteiger partial charge on any atom is 0.224 e. The van der Waals surface area contributed by atoms with Crippen LogP contribution in [0.4, 0.5) is 0 Å². The Morgan fingerprint density at radius 1 is 1.18 bits per heavy atom. The van der Waals surface area contributed by atoms with E-state index in [9.17, 15) is 14.7 Å². The quantitative estimate of drug-likeness (QED) is 0.862. The molecule has 6 heteroatoms. The first-order valence-corrected chi connectivity index (χ1v) is 10.5. The molecule has 3 aliphatic heterocycles. The first-order valence-electron chi connectivity index (χ1n) is 10.5. The van der Waals surface area contributed by atoms with Gasteiger partial charge in [-0.25, -0.2) is 0 Å². The topological polar surface area (TPSA) is 70.1 Å². The Morgan fingerprint density at radius 3 is 2.61 bits per heavy atom. The number of benzene rings is 1. The van der Waals surface area contributed by atoms with Gasteiger partial charge in [0.05, 0.1) is 17.8 Å². The number of carbonyl (C=O) groups excluding carboxylic acids is 2. The van der Waals surface area contributed by atoms with Crippen LogP contribution in [0.2, 0.25) is 0 Å². The molecule has 1 aromatic rings. The number of carbonyl (C=O) groups is 2. The third-order valence-electron chi connectivity index (χ3n) is 6.45. The number of nitrogens with zero attached hydrogens (tertiary/aromatic N) is 2. The molecule has 28 heavy (non-hydrogen) atoms. The van der Waals surface area contributed by atoms with Crippen LogP contribution in [0.3, 0.4) is 0 Å². The van der Waals surface area contributed by atoms with E-state index < -0.39 is 0 Å². The number of aliphatic hydroxyl groups is 1. The van der Waals surface area contributed by atoms with Crippen LogP contribution in [0.1, 0.15) is 56.6 Å². The van der Waals surface area contributed by atoms with Gasteiger partial charge in [0.15, 0.2) is 0 Å². The molecule has 3 heterocycles. The number of amides is 2. The highest BCUT2D eigenvalue weighted by Gasteiger charge is 2.44. The van der Waals surface area contributed by atoms with Gasteiger partial charge in [-0.3, -0.25) is 9.59 Å². The highest BCUT2D eigenvalue weighted by atomic mass is 16.5. The molecule has 3 fully saturated rings. The van der Waals surface area contributed by atoms with E-state index in [0.29, 0.717) is 45.3 Å². The highest BCUT2D eigenvalue weighted by molar-refractivity contribution is 5.80. The molecule has 3 saturated heterocycles.